The molecule has 0 saturated heterocycles. The Morgan fingerprint density at radius 1 is 1.39 bits per heavy atom. The molecule has 0 fully saturated rings. The third-order valence-electron chi connectivity index (χ3n) is 2.23. The quantitative estimate of drug-likeness (QED) is 0.421. The summed E-state index contributed by atoms with van der Waals surface area (Å²) in [4.78, 5) is 10.4. The summed E-state index contributed by atoms with van der Waals surface area (Å²) in [5, 5.41) is 10.4. The van der Waals surface area contributed by atoms with E-state index in [0.717, 1.165) is 5.56 Å². The van der Waals surface area contributed by atoms with Gasteiger partial charge < -0.3 is 20.4 Å². The Labute approximate surface area is 128 Å². The van der Waals surface area contributed by atoms with Gasteiger partial charge in [-0.15, -0.1) is 0 Å². The summed E-state index contributed by atoms with van der Waals surface area (Å²) in [6.07, 6.45) is 0.574. The van der Waals surface area contributed by atoms with E-state index in [1.165, 1.54) is 0 Å². The number of halogens is 1. The standard InChI is InChI=1S/C12H16FNO3.Na/c13-6-1-7-17-10-4-2-9(3-5-10)8-11(14)12(15)16;/h2-5,11H,1,6-8,14H2,(H,15,16);/q;+1/p-1/t11-;/m0./s1/i13-1;. The zero-order valence-corrected chi connectivity index (χ0v) is 12.4. The summed E-state index contributed by atoms with van der Waals surface area (Å²) in [7, 11) is 0. The Bertz CT molecular complexity index is 359. The number of carboxylic acids is 1. The minimum absolute atomic E-state index is 0. The Morgan fingerprint density at radius 3 is 2.50 bits per heavy atom. The molecular weight excluding hydrogens is 247 g/mol. The van der Waals surface area contributed by atoms with Crippen molar-refractivity contribution in [3.05, 3.63) is 29.8 Å². The van der Waals surface area contributed by atoms with E-state index in [1.807, 2.05) is 0 Å². The van der Waals surface area contributed by atoms with Crippen LogP contribution >= 0.6 is 0 Å². The van der Waals surface area contributed by atoms with Crippen molar-refractivity contribution < 1.29 is 48.6 Å². The van der Waals surface area contributed by atoms with Crippen molar-refractivity contribution >= 4 is 5.97 Å². The number of hydrogen-bond donors (Lipinski definition) is 1. The third-order valence-corrected chi connectivity index (χ3v) is 2.23. The number of carboxylic acid groups (broad SMARTS) is 1. The minimum Gasteiger partial charge on any atom is -0.548 e. The zero-order valence-electron chi connectivity index (χ0n) is 10.4. The van der Waals surface area contributed by atoms with Crippen LogP contribution in [0.1, 0.15) is 12.0 Å². The van der Waals surface area contributed by atoms with E-state index in [-0.39, 0.29) is 36.0 Å². The number of carbonyl (C=O) groups excluding carboxylic acids is 1. The smallest absolute Gasteiger partial charge is 0.548 e. The van der Waals surface area contributed by atoms with Gasteiger partial charge in [-0.2, -0.15) is 0 Å². The molecule has 18 heavy (non-hydrogen) atoms. The van der Waals surface area contributed by atoms with Crippen molar-refractivity contribution in [2.45, 2.75) is 18.9 Å². The first kappa shape index (κ1) is 17.4. The molecule has 6 heteroatoms. The molecule has 0 aliphatic carbocycles. The maximum absolute atomic E-state index is 11.8. The van der Waals surface area contributed by atoms with Crippen molar-refractivity contribution in [2.24, 2.45) is 5.73 Å². The molecule has 0 aromatic heterocycles. The van der Waals surface area contributed by atoms with E-state index in [9.17, 15) is 14.3 Å². The van der Waals surface area contributed by atoms with Gasteiger partial charge in [0.2, 0.25) is 0 Å². The van der Waals surface area contributed by atoms with Crippen LogP contribution in [0.5, 0.6) is 5.75 Å². The van der Waals surface area contributed by atoms with E-state index >= 15 is 0 Å². The summed E-state index contributed by atoms with van der Waals surface area (Å²) < 4.78 is 17.1. The SMILES string of the molecule is N[C@@H](Cc1ccc(OCCC[18F])cc1)C(=O)[O-].[Na+]. The van der Waals surface area contributed by atoms with Gasteiger partial charge in [-0.25, -0.2) is 0 Å². The number of carbonyl (C=O) groups is 1. The number of aliphatic carboxylic acids is 1. The Kier molecular flexibility index (Phi) is 9.01. The van der Waals surface area contributed by atoms with Gasteiger partial charge in [-0.3, -0.25) is 4.39 Å². The molecule has 2 N–H and O–H groups in total. The molecule has 0 saturated carbocycles. The molecule has 1 rings (SSSR count). The van der Waals surface area contributed by atoms with Crippen LogP contribution in [0.15, 0.2) is 24.3 Å². The molecule has 0 bridgehead atoms. The number of benzene rings is 1. The van der Waals surface area contributed by atoms with Crippen LogP contribution in [0, 0.1) is 0 Å². The predicted molar refractivity (Wildman–Crippen MR) is 59.2 cm³/mol. The van der Waals surface area contributed by atoms with Crippen LogP contribution in [-0.4, -0.2) is 25.3 Å². The first-order valence-corrected chi connectivity index (χ1v) is 5.37. The molecule has 1 aromatic rings. The predicted octanol–water partition coefficient (Wildman–Crippen LogP) is -2.95. The normalized spacial score (nSPS) is 11.4. The zero-order chi connectivity index (χ0) is 12.7. The summed E-state index contributed by atoms with van der Waals surface area (Å²) >= 11 is 0. The Balaban J connectivity index is 0.00000289. The van der Waals surface area contributed by atoms with Crippen LogP contribution in [0.2, 0.25) is 0 Å². The van der Waals surface area contributed by atoms with E-state index in [2.05, 4.69) is 0 Å². The van der Waals surface area contributed by atoms with Crippen molar-refractivity contribution in [3.63, 3.8) is 0 Å². The second kappa shape index (κ2) is 9.33. The Morgan fingerprint density at radius 2 is 2.00 bits per heavy atom. The van der Waals surface area contributed by atoms with Gasteiger partial charge in [0, 0.05) is 12.5 Å². The molecule has 0 heterocycles. The van der Waals surface area contributed by atoms with Gasteiger partial charge in [0.25, 0.3) is 0 Å². The molecule has 1 aromatic carbocycles. The summed E-state index contributed by atoms with van der Waals surface area (Å²) in [6, 6.07) is 5.86. The van der Waals surface area contributed by atoms with Gasteiger partial charge in [0.1, 0.15) is 5.75 Å². The van der Waals surface area contributed by atoms with Gasteiger partial charge in [-0.1, -0.05) is 12.1 Å². The topological polar surface area (TPSA) is 75.4 Å². The number of nitrogens with two attached hydrogens (primary N) is 1. The fraction of sp³-hybridized carbons (Fsp3) is 0.417. The summed E-state index contributed by atoms with van der Waals surface area (Å²) in [5.41, 5.74) is 6.14. The van der Waals surface area contributed by atoms with E-state index in [1.54, 1.807) is 24.3 Å². The van der Waals surface area contributed by atoms with Crippen molar-refractivity contribution in [1.29, 1.82) is 0 Å². The van der Waals surface area contributed by atoms with Gasteiger partial charge in [0.15, 0.2) is 0 Å². The van der Waals surface area contributed by atoms with Crippen molar-refractivity contribution in [2.75, 3.05) is 13.3 Å². The van der Waals surface area contributed by atoms with E-state index < -0.39 is 18.7 Å². The summed E-state index contributed by atoms with van der Waals surface area (Å²) in [6.45, 7) is -0.0764. The first-order valence-electron chi connectivity index (χ1n) is 5.37. The molecular formula is C12H15FNNaO3. The maximum Gasteiger partial charge on any atom is 1.00 e. The number of ether oxygens (including phenoxy) is 1. The fourth-order valence-corrected chi connectivity index (χ4v) is 1.30. The number of alkyl halides is 1. The molecule has 0 spiro atoms. The van der Waals surface area contributed by atoms with Gasteiger partial charge >= 0.3 is 29.6 Å². The van der Waals surface area contributed by atoms with Gasteiger partial charge in [-0.05, 0) is 24.1 Å². The monoisotopic (exact) mass is 262 g/mol. The first-order chi connectivity index (χ1) is 8.13. The molecule has 0 aliphatic heterocycles. The molecule has 1 atom stereocenters. The average Bonchev–Trinajstić information content (AvgIpc) is 2.31. The van der Waals surface area contributed by atoms with Crippen LogP contribution in [0.25, 0.3) is 0 Å². The van der Waals surface area contributed by atoms with Crippen LogP contribution in [0.3, 0.4) is 0 Å². The summed E-state index contributed by atoms with van der Waals surface area (Å²) in [5.74, 6) is -0.641. The van der Waals surface area contributed by atoms with Crippen molar-refractivity contribution in [3.8, 4) is 5.75 Å². The number of rotatable bonds is 7. The second-order valence-corrected chi connectivity index (χ2v) is 3.66. The largest absolute Gasteiger partial charge is 1.00 e. The van der Waals surface area contributed by atoms with Crippen molar-refractivity contribution in [1.82, 2.24) is 0 Å². The van der Waals surface area contributed by atoms with Crippen LogP contribution in [0.4, 0.5) is 4.39 Å². The number of hydrogen-bond acceptors (Lipinski definition) is 4. The molecule has 0 aliphatic rings. The Hall–Kier alpha value is -0.620. The van der Waals surface area contributed by atoms with Gasteiger partial charge in [0.05, 0.1) is 19.3 Å². The fourth-order valence-electron chi connectivity index (χ4n) is 1.30. The van der Waals surface area contributed by atoms with Crippen LogP contribution < -0.4 is 45.1 Å². The van der Waals surface area contributed by atoms with E-state index in [4.69, 9.17) is 10.5 Å². The maximum atomic E-state index is 11.8. The third kappa shape index (κ3) is 6.35. The molecule has 94 valence electrons. The van der Waals surface area contributed by atoms with E-state index in [0.29, 0.717) is 18.8 Å². The van der Waals surface area contributed by atoms with Crippen LogP contribution in [-0.2, 0) is 11.2 Å². The molecule has 4 nitrogen and oxygen atoms in total. The average molecular weight is 262 g/mol. The molecule has 0 unspecified atom stereocenters. The minimum atomic E-state index is -1.27. The molecule has 0 amide bonds. The second-order valence-electron chi connectivity index (χ2n) is 3.66. The molecule has 0 radical (unpaired) electrons.